The molecule has 0 amide bonds. The van der Waals surface area contributed by atoms with E-state index in [1.165, 1.54) is 0 Å². The predicted molar refractivity (Wildman–Crippen MR) is 82.8 cm³/mol. The van der Waals surface area contributed by atoms with Crippen molar-refractivity contribution in [1.29, 1.82) is 0 Å². The van der Waals surface area contributed by atoms with Crippen molar-refractivity contribution in [1.82, 2.24) is 0 Å². The molecular formula is C15H23BrO4. The molecule has 1 aromatic rings. The smallest absolute Gasteiger partial charge is 0.126 e. The number of ether oxygens (including phenoxy) is 4. The van der Waals surface area contributed by atoms with E-state index in [-0.39, 0.29) is 0 Å². The Morgan fingerprint density at radius 1 is 0.950 bits per heavy atom. The highest BCUT2D eigenvalue weighted by Gasteiger charge is 2.05. The van der Waals surface area contributed by atoms with Crippen LogP contribution in [-0.2, 0) is 19.5 Å². The van der Waals surface area contributed by atoms with Crippen LogP contribution in [0.15, 0.2) is 18.2 Å². The Bertz CT molecular complexity index is 371. The molecule has 1 aromatic carbocycles. The lowest BCUT2D eigenvalue weighted by Crippen LogP contribution is -2.13. The number of hydrogen-bond donors (Lipinski definition) is 0. The standard InChI is InChI=1S/C15H23BrO4/c1-13-4-3-5-14(12-16)15(13)20-11-10-19-9-8-18-7-6-17-2/h3-5H,6-12H2,1-2H3. The van der Waals surface area contributed by atoms with Gasteiger partial charge in [-0.3, -0.25) is 0 Å². The lowest BCUT2D eigenvalue weighted by atomic mass is 10.1. The first kappa shape index (κ1) is 17.4. The third kappa shape index (κ3) is 6.70. The van der Waals surface area contributed by atoms with E-state index in [4.69, 9.17) is 18.9 Å². The Morgan fingerprint density at radius 2 is 1.60 bits per heavy atom. The minimum Gasteiger partial charge on any atom is -0.491 e. The summed E-state index contributed by atoms with van der Waals surface area (Å²) >= 11 is 3.47. The molecule has 0 aliphatic heterocycles. The molecule has 0 saturated heterocycles. The summed E-state index contributed by atoms with van der Waals surface area (Å²) in [4.78, 5) is 0. The van der Waals surface area contributed by atoms with Gasteiger partial charge in [-0.2, -0.15) is 0 Å². The fraction of sp³-hybridized carbons (Fsp3) is 0.600. The Kier molecular flexibility index (Phi) is 9.66. The second-order valence-corrected chi connectivity index (χ2v) is 4.82. The van der Waals surface area contributed by atoms with Crippen molar-refractivity contribution < 1.29 is 18.9 Å². The van der Waals surface area contributed by atoms with Gasteiger partial charge in [0, 0.05) is 18.0 Å². The largest absolute Gasteiger partial charge is 0.491 e. The number of aryl methyl sites for hydroxylation is 1. The molecule has 20 heavy (non-hydrogen) atoms. The first-order valence-electron chi connectivity index (χ1n) is 6.71. The van der Waals surface area contributed by atoms with Crippen LogP contribution in [0.25, 0.3) is 0 Å². The molecule has 0 atom stereocenters. The van der Waals surface area contributed by atoms with E-state index in [2.05, 4.69) is 22.0 Å². The number of rotatable bonds is 11. The summed E-state index contributed by atoms with van der Waals surface area (Å²) in [5, 5.41) is 0.790. The van der Waals surface area contributed by atoms with Gasteiger partial charge in [0.2, 0.25) is 0 Å². The van der Waals surface area contributed by atoms with E-state index in [0.29, 0.717) is 39.6 Å². The fourth-order valence-corrected chi connectivity index (χ4v) is 2.13. The molecule has 0 fully saturated rings. The average molecular weight is 347 g/mol. The first-order chi connectivity index (χ1) is 9.79. The van der Waals surface area contributed by atoms with Crippen molar-refractivity contribution in [3.05, 3.63) is 29.3 Å². The summed E-state index contributed by atoms with van der Waals surface area (Å²) in [7, 11) is 1.66. The van der Waals surface area contributed by atoms with Crippen molar-refractivity contribution >= 4 is 15.9 Å². The zero-order chi connectivity index (χ0) is 14.6. The van der Waals surface area contributed by atoms with Crippen LogP contribution >= 0.6 is 15.9 Å². The second kappa shape index (κ2) is 11.1. The molecule has 0 unspecified atom stereocenters. The lowest BCUT2D eigenvalue weighted by molar-refractivity contribution is 0.0179. The summed E-state index contributed by atoms with van der Waals surface area (Å²) < 4.78 is 21.4. The molecule has 4 nitrogen and oxygen atoms in total. The number of alkyl halides is 1. The van der Waals surface area contributed by atoms with E-state index in [1.54, 1.807) is 7.11 Å². The second-order valence-electron chi connectivity index (χ2n) is 4.26. The number of benzene rings is 1. The molecule has 0 radical (unpaired) electrons. The molecule has 0 aliphatic rings. The summed E-state index contributed by atoms with van der Waals surface area (Å²) in [6, 6.07) is 6.14. The minimum atomic E-state index is 0.545. The monoisotopic (exact) mass is 346 g/mol. The van der Waals surface area contributed by atoms with Crippen LogP contribution in [0.1, 0.15) is 11.1 Å². The zero-order valence-electron chi connectivity index (χ0n) is 12.2. The number of methoxy groups -OCH3 is 1. The third-order valence-corrected chi connectivity index (χ3v) is 3.32. The van der Waals surface area contributed by atoms with Crippen LogP contribution in [-0.4, -0.2) is 46.8 Å². The van der Waals surface area contributed by atoms with E-state index in [0.717, 1.165) is 22.2 Å². The normalized spacial score (nSPS) is 10.8. The van der Waals surface area contributed by atoms with Gasteiger partial charge in [-0.15, -0.1) is 0 Å². The van der Waals surface area contributed by atoms with Crippen LogP contribution < -0.4 is 4.74 Å². The zero-order valence-corrected chi connectivity index (χ0v) is 13.8. The Morgan fingerprint density at radius 3 is 2.25 bits per heavy atom. The molecule has 5 heteroatoms. The van der Waals surface area contributed by atoms with Crippen molar-refractivity contribution in [2.45, 2.75) is 12.3 Å². The molecule has 0 aromatic heterocycles. The molecule has 0 spiro atoms. The predicted octanol–water partition coefficient (Wildman–Crippen LogP) is 2.95. The summed E-state index contributed by atoms with van der Waals surface area (Å²) in [5.41, 5.74) is 2.30. The van der Waals surface area contributed by atoms with Gasteiger partial charge in [0.05, 0.1) is 33.0 Å². The van der Waals surface area contributed by atoms with Gasteiger partial charge in [-0.25, -0.2) is 0 Å². The molecule has 0 N–H and O–H groups in total. The van der Waals surface area contributed by atoms with Crippen LogP contribution in [0.4, 0.5) is 0 Å². The van der Waals surface area contributed by atoms with Crippen LogP contribution in [0, 0.1) is 6.92 Å². The van der Waals surface area contributed by atoms with Crippen molar-refractivity contribution in [3.63, 3.8) is 0 Å². The summed E-state index contributed by atoms with van der Waals surface area (Å²) in [6.07, 6.45) is 0. The molecule has 114 valence electrons. The minimum absolute atomic E-state index is 0.545. The molecular weight excluding hydrogens is 324 g/mol. The van der Waals surface area contributed by atoms with Gasteiger partial charge in [-0.05, 0) is 12.5 Å². The Labute approximate surface area is 129 Å². The summed E-state index contributed by atoms with van der Waals surface area (Å²) in [5.74, 6) is 0.948. The number of halogens is 1. The quantitative estimate of drug-likeness (QED) is 0.456. The van der Waals surface area contributed by atoms with Gasteiger partial charge in [0.15, 0.2) is 0 Å². The highest BCUT2D eigenvalue weighted by atomic mass is 79.9. The lowest BCUT2D eigenvalue weighted by Gasteiger charge is -2.13. The van der Waals surface area contributed by atoms with Gasteiger partial charge in [0.25, 0.3) is 0 Å². The van der Waals surface area contributed by atoms with Gasteiger partial charge in [0.1, 0.15) is 12.4 Å². The molecule has 0 heterocycles. The molecule has 0 bridgehead atoms. The van der Waals surface area contributed by atoms with E-state index >= 15 is 0 Å². The van der Waals surface area contributed by atoms with E-state index < -0.39 is 0 Å². The number of hydrogen-bond acceptors (Lipinski definition) is 4. The van der Waals surface area contributed by atoms with E-state index in [9.17, 15) is 0 Å². The van der Waals surface area contributed by atoms with Gasteiger partial charge < -0.3 is 18.9 Å². The van der Waals surface area contributed by atoms with Crippen LogP contribution in [0.5, 0.6) is 5.75 Å². The van der Waals surface area contributed by atoms with Crippen molar-refractivity contribution in [3.8, 4) is 5.75 Å². The van der Waals surface area contributed by atoms with Crippen molar-refractivity contribution in [2.24, 2.45) is 0 Å². The maximum atomic E-state index is 5.79. The maximum absolute atomic E-state index is 5.79. The fourth-order valence-electron chi connectivity index (χ4n) is 1.69. The topological polar surface area (TPSA) is 36.9 Å². The van der Waals surface area contributed by atoms with Gasteiger partial charge in [-0.1, -0.05) is 34.1 Å². The molecule has 0 saturated carbocycles. The van der Waals surface area contributed by atoms with Gasteiger partial charge >= 0.3 is 0 Å². The Balaban J connectivity index is 2.12. The highest BCUT2D eigenvalue weighted by molar-refractivity contribution is 9.08. The third-order valence-electron chi connectivity index (χ3n) is 2.72. The number of para-hydroxylation sites is 1. The highest BCUT2D eigenvalue weighted by Crippen LogP contribution is 2.25. The SMILES string of the molecule is COCCOCCOCCOc1c(C)cccc1CBr. The maximum Gasteiger partial charge on any atom is 0.126 e. The van der Waals surface area contributed by atoms with Crippen LogP contribution in [0.3, 0.4) is 0 Å². The van der Waals surface area contributed by atoms with E-state index in [1.807, 2.05) is 19.1 Å². The van der Waals surface area contributed by atoms with Crippen molar-refractivity contribution in [2.75, 3.05) is 46.8 Å². The molecule has 0 aliphatic carbocycles. The Hall–Kier alpha value is -0.620. The summed E-state index contributed by atoms with van der Waals surface area (Å²) in [6.45, 7) is 5.53. The molecule has 1 rings (SSSR count). The van der Waals surface area contributed by atoms with Crippen LogP contribution in [0.2, 0.25) is 0 Å². The first-order valence-corrected chi connectivity index (χ1v) is 7.83. The average Bonchev–Trinajstić information content (AvgIpc) is 2.46.